The molecule has 1 aromatic carbocycles. The standard InChI is InChI=1S/C14H19FN2O/c1-14(2)12(16)7-8-17(14)13(18)9-10-3-5-11(15)6-4-10/h3-6,12H,7-9,16H2,1-2H3. The molecule has 0 bridgehead atoms. The summed E-state index contributed by atoms with van der Waals surface area (Å²) in [4.78, 5) is 14.1. The first-order chi connectivity index (χ1) is 8.41. The van der Waals surface area contributed by atoms with Gasteiger partial charge in [0.2, 0.25) is 5.91 Å². The first kappa shape index (κ1) is 13.0. The average molecular weight is 250 g/mol. The van der Waals surface area contributed by atoms with E-state index in [0.717, 1.165) is 12.0 Å². The molecule has 1 saturated heterocycles. The summed E-state index contributed by atoms with van der Waals surface area (Å²) < 4.78 is 12.8. The highest BCUT2D eigenvalue weighted by Crippen LogP contribution is 2.28. The maximum Gasteiger partial charge on any atom is 0.227 e. The van der Waals surface area contributed by atoms with E-state index in [4.69, 9.17) is 5.73 Å². The molecule has 0 aliphatic carbocycles. The largest absolute Gasteiger partial charge is 0.336 e. The molecule has 1 fully saturated rings. The van der Waals surface area contributed by atoms with Crippen LogP contribution in [-0.4, -0.2) is 28.9 Å². The molecule has 2 N–H and O–H groups in total. The van der Waals surface area contributed by atoms with E-state index in [1.807, 2.05) is 18.7 Å². The molecule has 4 heteroatoms. The third kappa shape index (κ3) is 2.38. The third-order valence-corrected chi connectivity index (χ3v) is 3.84. The SMILES string of the molecule is CC1(C)C(N)CCN1C(=O)Cc1ccc(F)cc1. The zero-order chi connectivity index (χ0) is 13.3. The van der Waals surface area contributed by atoms with E-state index >= 15 is 0 Å². The lowest BCUT2D eigenvalue weighted by molar-refractivity contribution is -0.133. The molecule has 1 aromatic rings. The van der Waals surface area contributed by atoms with E-state index in [0.29, 0.717) is 13.0 Å². The van der Waals surface area contributed by atoms with Crippen molar-refractivity contribution >= 4 is 5.91 Å². The van der Waals surface area contributed by atoms with Crippen molar-refractivity contribution in [3.05, 3.63) is 35.6 Å². The van der Waals surface area contributed by atoms with Crippen molar-refractivity contribution in [2.24, 2.45) is 5.73 Å². The van der Waals surface area contributed by atoms with Crippen LogP contribution < -0.4 is 5.73 Å². The van der Waals surface area contributed by atoms with Crippen LogP contribution in [0.5, 0.6) is 0 Å². The van der Waals surface area contributed by atoms with Gasteiger partial charge in [0.25, 0.3) is 0 Å². The van der Waals surface area contributed by atoms with Crippen LogP contribution in [0.1, 0.15) is 25.8 Å². The molecule has 1 aliphatic heterocycles. The lowest BCUT2D eigenvalue weighted by Crippen LogP contribution is -2.51. The van der Waals surface area contributed by atoms with Gasteiger partial charge in [-0.3, -0.25) is 4.79 Å². The summed E-state index contributed by atoms with van der Waals surface area (Å²) in [7, 11) is 0. The van der Waals surface area contributed by atoms with Crippen molar-refractivity contribution in [2.45, 2.75) is 38.3 Å². The van der Waals surface area contributed by atoms with E-state index in [1.165, 1.54) is 12.1 Å². The highest BCUT2D eigenvalue weighted by molar-refractivity contribution is 5.80. The summed E-state index contributed by atoms with van der Waals surface area (Å²) in [6, 6.07) is 6.08. The van der Waals surface area contributed by atoms with Gasteiger partial charge in [-0.1, -0.05) is 12.1 Å². The smallest absolute Gasteiger partial charge is 0.227 e. The fourth-order valence-electron chi connectivity index (χ4n) is 2.43. The van der Waals surface area contributed by atoms with E-state index in [2.05, 4.69) is 0 Å². The Morgan fingerprint density at radius 1 is 1.44 bits per heavy atom. The minimum absolute atomic E-state index is 0.0228. The maximum absolute atomic E-state index is 12.8. The zero-order valence-electron chi connectivity index (χ0n) is 10.8. The van der Waals surface area contributed by atoms with E-state index in [9.17, 15) is 9.18 Å². The van der Waals surface area contributed by atoms with Crippen LogP contribution >= 0.6 is 0 Å². The van der Waals surface area contributed by atoms with Crippen molar-refractivity contribution in [2.75, 3.05) is 6.54 Å². The fourth-order valence-corrected chi connectivity index (χ4v) is 2.43. The summed E-state index contributed by atoms with van der Waals surface area (Å²) in [5, 5.41) is 0. The van der Waals surface area contributed by atoms with Crippen molar-refractivity contribution in [3.63, 3.8) is 0 Å². The third-order valence-electron chi connectivity index (χ3n) is 3.84. The summed E-state index contributed by atoms with van der Waals surface area (Å²) in [6.45, 7) is 4.69. The number of benzene rings is 1. The van der Waals surface area contributed by atoms with Gasteiger partial charge in [-0.25, -0.2) is 4.39 Å². The molecule has 18 heavy (non-hydrogen) atoms. The van der Waals surface area contributed by atoms with E-state index in [-0.39, 0.29) is 23.3 Å². The summed E-state index contributed by atoms with van der Waals surface area (Å²) in [5.41, 5.74) is 6.55. The second-order valence-corrected chi connectivity index (χ2v) is 5.40. The molecule has 98 valence electrons. The van der Waals surface area contributed by atoms with Crippen LogP contribution in [0.2, 0.25) is 0 Å². The van der Waals surface area contributed by atoms with Crippen molar-refractivity contribution in [1.29, 1.82) is 0 Å². The number of carbonyl (C=O) groups excluding carboxylic acids is 1. The minimum atomic E-state index is -0.295. The lowest BCUT2D eigenvalue weighted by Gasteiger charge is -2.34. The number of nitrogens with two attached hydrogens (primary N) is 1. The number of nitrogens with zero attached hydrogens (tertiary/aromatic N) is 1. The first-order valence-electron chi connectivity index (χ1n) is 6.22. The maximum atomic E-state index is 12.8. The topological polar surface area (TPSA) is 46.3 Å². The number of hydrogen-bond donors (Lipinski definition) is 1. The van der Waals surface area contributed by atoms with Gasteiger partial charge in [0.1, 0.15) is 5.82 Å². The molecular formula is C14H19FN2O. The molecule has 0 radical (unpaired) electrons. The summed E-state index contributed by atoms with van der Waals surface area (Å²) in [5.74, 6) is -0.228. The van der Waals surface area contributed by atoms with Crippen molar-refractivity contribution < 1.29 is 9.18 Å². The highest BCUT2D eigenvalue weighted by atomic mass is 19.1. The molecule has 1 heterocycles. The predicted octanol–water partition coefficient (Wildman–Crippen LogP) is 1.71. The van der Waals surface area contributed by atoms with Gasteiger partial charge in [-0.05, 0) is 38.0 Å². The van der Waals surface area contributed by atoms with Crippen LogP contribution in [0.15, 0.2) is 24.3 Å². The normalized spacial score (nSPS) is 22.2. The Balaban J connectivity index is 2.07. The first-order valence-corrected chi connectivity index (χ1v) is 6.22. The lowest BCUT2D eigenvalue weighted by atomic mass is 9.96. The number of rotatable bonds is 2. The number of amides is 1. The Hall–Kier alpha value is -1.42. The van der Waals surface area contributed by atoms with Gasteiger partial charge in [0.15, 0.2) is 0 Å². The molecule has 0 aromatic heterocycles. The predicted molar refractivity (Wildman–Crippen MR) is 68.5 cm³/mol. The van der Waals surface area contributed by atoms with Gasteiger partial charge in [-0.2, -0.15) is 0 Å². The molecule has 3 nitrogen and oxygen atoms in total. The molecule has 0 spiro atoms. The summed E-state index contributed by atoms with van der Waals surface area (Å²) >= 11 is 0. The van der Waals surface area contributed by atoms with Crippen LogP contribution in [0.25, 0.3) is 0 Å². The molecule has 1 atom stereocenters. The molecule has 1 unspecified atom stereocenters. The van der Waals surface area contributed by atoms with Gasteiger partial charge in [0, 0.05) is 12.6 Å². The number of hydrogen-bond acceptors (Lipinski definition) is 2. The number of halogens is 1. The Labute approximate surface area is 107 Å². The zero-order valence-corrected chi connectivity index (χ0v) is 10.8. The average Bonchev–Trinajstić information content (AvgIpc) is 2.57. The van der Waals surface area contributed by atoms with Crippen molar-refractivity contribution in [1.82, 2.24) is 4.90 Å². The molecule has 2 rings (SSSR count). The van der Waals surface area contributed by atoms with Crippen LogP contribution in [0, 0.1) is 5.82 Å². The van der Waals surface area contributed by atoms with Crippen molar-refractivity contribution in [3.8, 4) is 0 Å². The Morgan fingerprint density at radius 3 is 2.56 bits per heavy atom. The molecule has 1 amide bonds. The molecular weight excluding hydrogens is 231 g/mol. The number of carbonyl (C=O) groups is 1. The highest BCUT2D eigenvalue weighted by Gasteiger charge is 2.41. The van der Waals surface area contributed by atoms with Gasteiger partial charge in [-0.15, -0.1) is 0 Å². The van der Waals surface area contributed by atoms with Gasteiger partial charge in [0.05, 0.1) is 12.0 Å². The second-order valence-electron chi connectivity index (χ2n) is 5.40. The Kier molecular flexibility index (Phi) is 3.39. The van der Waals surface area contributed by atoms with E-state index < -0.39 is 0 Å². The van der Waals surface area contributed by atoms with Crippen LogP contribution in [0.3, 0.4) is 0 Å². The van der Waals surface area contributed by atoms with E-state index in [1.54, 1.807) is 12.1 Å². The Morgan fingerprint density at radius 2 is 2.06 bits per heavy atom. The minimum Gasteiger partial charge on any atom is -0.336 e. The Bertz CT molecular complexity index is 442. The van der Waals surface area contributed by atoms with Crippen LogP contribution in [0.4, 0.5) is 4.39 Å². The number of likely N-dealkylation sites (tertiary alicyclic amines) is 1. The fraction of sp³-hybridized carbons (Fsp3) is 0.500. The van der Waals surface area contributed by atoms with Gasteiger partial charge < -0.3 is 10.6 Å². The molecule has 1 aliphatic rings. The van der Waals surface area contributed by atoms with Gasteiger partial charge >= 0.3 is 0 Å². The van der Waals surface area contributed by atoms with Crippen LogP contribution in [-0.2, 0) is 11.2 Å². The summed E-state index contributed by atoms with van der Waals surface area (Å²) in [6.07, 6.45) is 1.14. The second kappa shape index (κ2) is 4.69. The molecule has 0 saturated carbocycles. The quantitative estimate of drug-likeness (QED) is 0.868. The monoisotopic (exact) mass is 250 g/mol.